The summed E-state index contributed by atoms with van der Waals surface area (Å²) in [6.07, 6.45) is 7.59. The van der Waals surface area contributed by atoms with Crippen LogP contribution in [0.25, 0.3) is 0 Å². The second-order valence-electron chi connectivity index (χ2n) is 8.42. The molecule has 2 N–H and O–H groups in total. The molecule has 1 aliphatic carbocycles. The molecular formula is C27H46F3N3OS. The third-order valence-corrected chi connectivity index (χ3v) is 5.91. The largest absolute Gasteiger partial charge is 0.418 e. The number of halogens is 3. The number of nitrogens with one attached hydrogen (secondary N) is 2. The smallest absolute Gasteiger partial charge is 0.360 e. The second kappa shape index (κ2) is 19.4. The highest BCUT2D eigenvalue weighted by molar-refractivity contribution is 7.80. The highest BCUT2D eigenvalue weighted by Gasteiger charge is 2.33. The number of hydrogen-bond acceptors (Lipinski definition) is 2. The summed E-state index contributed by atoms with van der Waals surface area (Å²) in [5.41, 5.74) is -1.02. The monoisotopic (exact) mass is 517 g/mol. The molecule has 202 valence electrons. The molecule has 0 unspecified atom stereocenters. The molecule has 4 nitrogen and oxygen atoms in total. The van der Waals surface area contributed by atoms with Gasteiger partial charge < -0.3 is 15.5 Å². The molecule has 0 saturated heterocycles. The lowest BCUT2D eigenvalue weighted by Gasteiger charge is -2.29. The number of hydrogen-bond donors (Lipinski definition) is 2. The average molecular weight is 518 g/mol. The fourth-order valence-electron chi connectivity index (χ4n) is 3.80. The number of thiocarbonyl (C=S) groups is 1. The minimum Gasteiger partial charge on any atom is -0.360 e. The number of nitrogens with zero attached hydrogens (tertiary/aromatic N) is 1. The fraction of sp³-hybridized carbons (Fsp3) is 0.704. The first-order chi connectivity index (χ1) is 16.7. The Morgan fingerprint density at radius 1 is 0.971 bits per heavy atom. The maximum Gasteiger partial charge on any atom is 0.418 e. The molecule has 8 heteroatoms. The Bertz CT molecular complexity index is 699. The van der Waals surface area contributed by atoms with Crippen LogP contribution in [0.3, 0.4) is 0 Å². The Morgan fingerprint density at radius 3 is 1.97 bits per heavy atom. The van der Waals surface area contributed by atoms with E-state index in [2.05, 4.69) is 29.4 Å². The third-order valence-electron chi connectivity index (χ3n) is 5.53. The maximum absolute atomic E-state index is 12.5. The Morgan fingerprint density at radius 2 is 1.49 bits per heavy atom. The van der Waals surface area contributed by atoms with Crippen molar-refractivity contribution >= 4 is 28.9 Å². The summed E-state index contributed by atoms with van der Waals surface area (Å²) >= 11 is 5.58. The highest BCUT2D eigenvalue weighted by atomic mass is 32.1. The molecule has 0 atom stereocenters. The molecule has 0 bridgehead atoms. The van der Waals surface area contributed by atoms with Crippen LogP contribution < -0.4 is 10.6 Å². The van der Waals surface area contributed by atoms with Crippen molar-refractivity contribution in [1.82, 2.24) is 10.2 Å². The molecule has 2 rings (SSSR count). The number of amides is 1. The lowest BCUT2D eigenvalue weighted by molar-refractivity contribution is -0.137. The van der Waals surface area contributed by atoms with Crippen LogP contribution in [0.5, 0.6) is 0 Å². The lowest BCUT2D eigenvalue weighted by Crippen LogP contribution is -2.45. The van der Waals surface area contributed by atoms with E-state index in [-0.39, 0.29) is 12.1 Å². The lowest BCUT2D eigenvalue weighted by atomic mass is 9.97. The molecule has 0 heterocycles. The molecular weight excluding hydrogens is 471 g/mol. The molecule has 1 amide bonds. The van der Waals surface area contributed by atoms with Crippen molar-refractivity contribution < 1.29 is 18.0 Å². The van der Waals surface area contributed by atoms with Crippen LogP contribution in [0.2, 0.25) is 0 Å². The van der Waals surface area contributed by atoms with Crippen LogP contribution in [-0.2, 0) is 11.0 Å². The molecule has 0 spiro atoms. The van der Waals surface area contributed by atoms with E-state index < -0.39 is 17.6 Å². The van der Waals surface area contributed by atoms with E-state index in [1.165, 1.54) is 76.0 Å². The van der Waals surface area contributed by atoms with Crippen LogP contribution in [-0.4, -0.2) is 35.1 Å². The topological polar surface area (TPSA) is 44.4 Å². The summed E-state index contributed by atoms with van der Waals surface area (Å²) in [5, 5.41) is 6.81. The van der Waals surface area contributed by atoms with Gasteiger partial charge in [-0.2, -0.15) is 13.2 Å². The standard InChI is InChI=1S/C15H30N2S.C10H10F3NO.C2H6/c1-3-12-17(13-4-2)15(18)16-14-10-8-6-5-7-9-11-14;1-2-9(15)14-8-6-4-3-5-7(8)10(11,12)13;1-2/h14H,3-13H2,1-2H3,(H,16,18);3-6H,2H2,1H3,(H,14,15);1-2H3. The normalized spacial score (nSPS) is 14.2. The maximum atomic E-state index is 12.5. The Kier molecular flexibility index (Phi) is 18.4. The predicted molar refractivity (Wildman–Crippen MR) is 146 cm³/mol. The number of para-hydroxylation sites is 1. The van der Waals surface area contributed by atoms with Gasteiger partial charge >= 0.3 is 6.18 Å². The quantitative estimate of drug-likeness (QED) is 0.358. The SMILES string of the molecule is CC.CCC(=O)Nc1ccccc1C(F)(F)F.CCCN(CCC)C(=S)NC1CCCCCCC1. The van der Waals surface area contributed by atoms with Crippen LogP contribution in [0.1, 0.15) is 104 Å². The zero-order valence-electron chi connectivity index (χ0n) is 22.3. The van der Waals surface area contributed by atoms with Crippen LogP contribution >= 0.6 is 12.2 Å². The van der Waals surface area contributed by atoms with Gasteiger partial charge in [0.05, 0.1) is 11.3 Å². The van der Waals surface area contributed by atoms with Crippen molar-refractivity contribution in [3.8, 4) is 0 Å². The van der Waals surface area contributed by atoms with E-state index in [4.69, 9.17) is 12.2 Å². The van der Waals surface area contributed by atoms with Crippen LogP contribution in [0, 0.1) is 0 Å². The molecule has 1 saturated carbocycles. The molecule has 0 aliphatic heterocycles. The van der Waals surface area contributed by atoms with Crippen molar-refractivity contribution in [3.05, 3.63) is 29.8 Å². The summed E-state index contributed by atoms with van der Waals surface area (Å²) < 4.78 is 37.4. The molecule has 1 aliphatic rings. The second-order valence-corrected chi connectivity index (χ2v) is 8.81. The highest BCUT2D eigenvalue weighted by Crippen LogP contribution is 2.34. The predicted octanol–water partition coefficient (Wildman–Crippen LogP) is 8.18. The van der Waals surface area contributed by atoms with Gasteiger partial charge in [0.15, 0.2) is 5.11 Å². The zero-order chi connectivity index (χ0) is 26.7. The summed E-state index contributed by atoms with van der Waals surface area (Å²) in [7, 11) is 0. The Labute approximate surface area is 216 Å². The molecule has 1 aromatic carbocycles. The van der Waals surface area contributed by atoms with Gasteiger partial charge in [0.2, 0.25) is 5.91 Å². The average Bonchev–Trinajstić information content (AvgIpc) is 2.82. The molecule has 1 fully saturated rings. The minimum absolute atomic E-state index is 0.145. The third kappa shape index (κ3) is 14.4. The summed E-state index contributed by atoms with van der Waals surface area (Å²) in [6, 6.07) is 5.51. The van der Waals surface area contributed by atoms with E-state index in [0.717, 1.165) is 24.3 Å². The first kappa shape index (κ1) is 33.2. The Hall–Kier alpha value is -1.83. The van der Waals surface area contributed by atoms with Crippen LogP contribution in [0.4, 0.5) is 18.9 Å². The van der Waals surface area contributed by atoms with Gasteiger partial charge in [-0.15, -0.1) is 0 Å². The number of alkyl halides is 3. The molecule has 35 heavy (non-hydrogen) atoms. The summed E-state index contributed by atoms with van der Waals surface area (Å²) in [4.78, 5) is 13.3. The molecule has 0 aromatic heterocycles. The van der Waals surface area contributed by atoms with E-state index in [9.17, 15) is 18.0 Å². The minimum atomic E-state index is -4.45. The van der Waals surface area contributed by atoms with Gasteiger partial charge in [0.25, 0.3) is 0 Å². The van der Waals surface area contributed by atoms with Crippen molar-refractivity contribution in [2.45, 2.75) is 111 Å². The van der Waals surface area contributed by atoms with E-state index in [0.29, 0.717) is 6.04 Å². The van der Waals surface area contributed by atoms with E-state index >= 15 is 0 Å². The number of carbonyl (C=O) groups excluding carboxylic acids is 1. The molecule has 0 radical (unpaired) electrons. The molecule has 1 aromatic rings. The van der Waals surface area contributed by atoms with Crippen molar-refractivity contribution in [1.29, 1.82) is 0 Å². The Balaban J connectivity index is 0.000000625. The van der Waals surface area contributed by atoms with Gasteiger partial charge in [-0.3, -0.25) is 4.79 Å². The van der Waals surface area contributed by atoms with Gasteiger partial charge in [-0.05, 0) is 50.0 Å². The number of carbonyl (C=O) groups is 1. The fourth-order valence-corrected chi connectivity index (χ4v) is 4.15. The van der Waals surface area contributed by atoms with Gasteiger partial charge in [0, 0.05) is 25.6 Å². The van der Waals surface area contributed by atoms with Crippen molar-refractivity contribution in [2.24, 2.45) is 0 Å². The first-order valence-corrected chi connectivity index (χ1v) is 13.6. The number of benzene rings is 1. The van der Waals surface area contributed by atoms with Gasteiger partial charge in [-0.25, -0.2) is 0 Å². The van der Waals surface area contributed by atoms with Gasteiger partial charge in [0.1, 0.15) is 0 Å². The van der Waals surface area contributed by atoms with Crippen LogP contribution in [0.15, 0.2) is 24.3 Å². The summed E-state index contributed by atoms with van der Waals surface area (Å²) in [6.45, 7) is 12.2. The number of anilines is 1. The first-order valence-electron chi connectivity index (χ1n) is 13.2. The van der Waals surface area contributed by atoms with E-state index in [1.54, 1.807) is 6.92 Å². The van der Waals surface area contributed by atoms with Crippen molar-refractivity contribution in [2.75, 3.05) is 18.4 Å². The summed E-state index contributed by atoms with van der Waals surface area (Å²) in [5.74, 6) is -0.438. The van der Waals surface area contributed by atoms with Crippen molar-refractivity contribution in [3.63, 3.8) is 0 Å². The van der Waals surface area contributed by atoms with Gasteiger partial charge in [-0.1, -0.05) is 78.9 Å². The zero-order valence-corrected chi connectivity index (χ0v) is 23.1. The number of rotatable bonds is 7. The van der Waals surface area contributed by atoms with E-state index in [1.807, 2.05) is 13.8 Å².